The molecule has 0 aliphatic carbocycles. The van der Waals surface area contributed by atoms with Gasteiger partial charge in [0.2, 0.25) is 0 Å². The number of sulfone groups is 1. The fraction of sp³-hybridized carbons (Fsp3) is 0.571. The molecule has 114 valence electrons. The number of nitrogens with one attached hydrogen (secondary N) is 1. The van der Waals surface area contributed by atoms with Gasteiger partial charge in [0.25, 0.3) is 0 Å². The Morgan fingerprint density at radius 2 is 1.80 bits per heavy atom. The zero-order valence-electron chi connectivity index (χ0n) is 12.3. The Balaban J connectivity index is 2.48. The first-order valence-electron chi connectivity index (χ1n) is 6.70. The van der Waals surface area contributed by atoms with Crippen molar-refractivity contribution in [2.24, 2.45) is 0 Å². The van der Waals surface area contributed by atoms with Gasteiger partial charge in [-0.15, -0.1) is 0 Å². The summed E-state index contributed by atoms with van der Waals surface area (Å²) in [7, 11) is -2.30. The van der Waals surface area contributed by atoms with E-state index in [1.807, 2.05) is 7.05 Å². The first kappa shape index (κ1) is 17.3. The van der Waals surface area contributed by atoms with Crippen molar-refractivity contribution in [1.29, 1.82) is 0 Å². The van der Waals surface area contributed by atoms with Crippen LogP contribution >= 0.6 is 0 Å². The molecule has 1 aromatic carbocycles. The largest absolute Gasteiger partial charge is 0.317 e. The van der Waals surface area contributed by atoms with Crippen LogP contribution in [-0.2, 0) is 20.6 Å². The lowest BCUT2D eigenvalue weighted by atomic mass is 10.1. The summed E-state index contributed by atoms with van der Waals surface area (Å²) < 4.78 is 34.7. The van der Waals surface area contributed by atoms with Gasteiger partial charge in [0.15, 0.2) is 9.84 Å². The molecule has 20 heavy (non-hydrogen) atoms. The van der Waals surface area contributed by atoms with E-state index < -0.39 is 20.6 Å². The smallest absolute Gasteiger partial charge is 0.175 e. The Hall–Kier alpha value is -0.720. The maximum atomic E-state index is 12.1. The second kappa shape index (κ2) is 7.90. The molecular weight excluding hydrogens is 294 g/mol. The van der Waals surface area contributed by atoms with Crippen molar-refractivity contribution in [2.75, 3.05) is 19.1 Å². The standard InChI is InChI=1S/C14H23NO3S2/c1-12(15-2)6-4-5-11-19(16)13-7-9-14(10-8-13)20(3,17)18/h7-10,12,15H,4-6,11H2,1-3H3. The molecule has 0 aliphatic heterocycles. The fourth-order valence-corrected chi connectivity index (χ4v) is 3.56. The highest BCUT2D eigenvalue weighted by Crippen LogP contribution is 2.14. The predicted octanol–water partition coefficient (Wildman–Crippen LogP) is 1.98. The lowest BCUT2D eigenvalue weighted by molar-refractivity contribution is 0.537. The van der Waals surface area contributed by atoms with Gasteiger partial charge in [-0.1, -0.05) is 6.42 Å². The number of rotatable bonds is 8. The third kappa shape index (κ3) is 5.73. The normalized spacial score (nSPS) is 14.9. The van der Waals surface area contributed by atoms with E-state index in [-0.39, 0.29) is 4.90 Å². The first-order chi connectivity index (χ1) is 9.34. The van der Waals surface area contributed by atoms with Gasteiger partial charge < -0.3 is 5.32 Å². The van der Waals surface area contributed by atoms with Crippen LogP contribution in [0.5, 0.6) is 0 Å². The number of hydrogen-bond acceptors (Lipinski definition) is 4. The highest BCUT2D eigenvalue weighted by Gasteiger charge is 2.09. The third-order valence-corrected chi connectivity index (χ3v) is 5.81. The summed E-state index contributed by atoms with van der Waals surface area (Å²) >= 11 is 0. The molecule has 0 amide bonds. The minimum atomic E-state index is -3.18. The van der Waals surface area contributed by atoms with E-state index >= 15 is 0 Å². The van der Waals surface area contributed by atoms with Gasteiger partial charge in [-0.05, 0) is 51.1 Å². The Morgan fingerprint density at radius 1 is 1.20 bits per heavy atom. The van der Waals surface area contributed by atoms with E-state index in [1.54, 1.807) is 12.1 Å². The van der Waals surface area contributed by atoms with Gasteiger partial charge in [0.1, 0.15) is 0 Å². The van der Waals surface area contributed by atoms with Gasteiger partial charge in [-0.25, -0.2) is 8.42 Å². The molecule has 0 fully saturated rings. The molecule has 2 atom stereocenters. The molecule has 0 bridgehead atoms. The van der Waals surface area contributed by atoms with Gasteiger partial charge >= 0.3 is 0 Å². The van der Waals surface area contributed by atoms with E-state index in [1.165, 1.54) is 18.4 Å². The van der Waals surface area contributed by atoms with Crippen LogP contribution in [0.1, 0.15) is 26.2 Å². The minimum Gasteiger partial charge on any atom is -0.317 e. The monoisotopic (exact) mass is 317 g/mol. The van der Waals surface area contributed by atoms with Crippen LogP contribution in [0.4, 0.5) is 0 Å². The van der Waals surface area contributed by atoms with Crippen LogP contribution in [0.25, 0.3) is 0 Å². The summed E-state index contributed by atoms with van der Waals surface area (Å²) in [5, 5.41) is 3.17. The second-order valence-electron chi connectivity index (χ2n) is 4.98. The number of hydrogen-bond donors (Lipinski definition) is 1. The maximum Gasteiger partial charge on any atom is 0.175 e. The Kier molecular flexibility index (Phi) is 6.85. The summed E-state index contributed by atoms with van der Waals surface area (Å²) in [6.07, 6.45) is 4.18. The average Bonchev–Trinajstić information content (AvgIpc) is 2.42. The Bertz CT molecular complexity index is 538. The molecule has 0 aliphatic rings. The summed E-state index contributed by atoms with van der Waals surface area (Å²) in [5.74, 6) is 0.620. The van der Waals surface area contributed by atoms with Crippen molar-refractivity contribution in [3.8, 4) is 0 Å². The van der Waals surface area contributed by atoms with Gasteiger partial charge in [-0.3, -0.25) is 4.21 Å². The highest BCUT2D eigenvalue weighted by molar-refractivity contribution is 7.90. The van der Waals surface area contributed by atoms with E-state index in [4.69, 9.17) is 0 Å². The SMILES string of the molecule is CNC(C)CCCCS(=O)c1ccc(S(C)(=O)=O)cc1. The maximum absolute atomic E-state index is 12.1. The van der Waals surface area contributed by atoms with Crippen molar-refractivity contribution in [3.05, 3.63) is 24.3 Å². The van der Waals surface area contributed by atoms with Crippen LogP contribution in [0.2, 0.25) is 0 Å². The molecule has 0 heterocycles. The zero-order valence-corrected chi connectivity index (χ0v) is 13.9. The number of unbranched alkanes of at least 4 members (excludes halogenated alkanes) is 1. The highest BCUT2D eigenvalue weighted by atomic mass is 32.2. The summed E-state index contributed by atoms with van der Waals surface area (Å²) in [5.41, 5.74) is 0. The van der Waals surface area contributed by atoms with E-state index in [0.717, 1.165) is 19.3 Å². The predicted molar refractivity (Wildman–Crippen MR) is 83.2 cm³/mol. The van der Waals surface area contributed by atoms with E-state index in [0.29, 0.717) is 16.7 Å². The van der Waals surface area contributed by atoms with Crippen LogP contribution in [0, 0.1) is 0 Å². The molecule has 0 aromatic heterocycles. The van der Waals surface area contributed by atoms with Crippen molar-refractivity contribution < 1.29 is 12.6 Å². The Labute approximate surface area is 124 Å². The quantitative estimate of drug-likeness (QED) is 0.745. The lowest BCUT2D eigenvalue weighted by Crippen LogP contribution is -2.20. The van der Waals surface area contributed by atoms with Crippen LogP contribution < -0.4 is 5.32 Å². The molecule has 0 saturated heterocycles. The van der Waals surface area contributed by atoms with Crippen molar-refractivity contribution >= 4 is 20.6 Å². The van der Waals surface area contributed by atoms with Crippen molar-refractivity contribution in [1.82, 2.24) is 5.32 Å². The zero-order chi connectivity index (χ0) is 15.2. The molecule has 1 rings (SSSR count). The summed E-state index contributed by atoms with van der Waals surface area (Å²) in [6.45, 7) is 2.13. The van der Waals surface area contributed by atoms with E-state index in [9.17, 15) is 12.6 Å². The topological polar surface area (TPSA) is 63.2 Å². The second-order valence-corrected chi connectivity index (χ2v) is 8.57. The average molecular weight is 317 g/mol. The molecule has 1 N–H and O–H groups in total. The fourth-order valence-electron chi connectivity index (χ4n) is 1.78. The molecule has 1 aromatic rings. The molecular formula is C14H23NO3S2. The van der Waals surface area contributed by atoms with Gasteiger partial charge in [0.05, 0.1) is 15.7 Å². The number of benzene rings is 1. The summed E-state index contributed by atoms with van der Waals surface area (Å²) in [6, 6.07) is 6.81. The van der Waals surface area contributed by atoms with Crippen molar-refractivity contribution in [3.63, 3.8) is 0 Å². The van der Waals surface area contributed by atoms with E-state index in [2.05, 4.69) is 12.2 Å². The molecule has 2 unspecified atom stereocenters. The molecule has 6 heteroatoms. The minimum absolute atomic E-state index is 0.265. The molecule has 0 spiro atoms. The van der Waals surface area contributed by atoms with Crippen molar-refractivity contribution in [2.45, 2.75) is 42.0 Å². The van der Waals surface area contributed by atoms with Gasteiger partial charge in [-0.2, -0.15) is 0 Å². The Morgan fingerprint density at radius 3 is 2.30 bits per heavy atom. The summed E-state index contributed by atoms with van der Waals surface area (Å²) in [4.78, 5) is 0.958. The molecule has 0 saturated carbocycles. The van der Waals surface area contributed by atoms with Gasteiger partial charge in [0, 0.05) is 22.9 Å². The van der Waals surface area contributed by atoms with Crippen LogP contribution in [0.3, 0.4) is 0 Å². The van der Waals surface area contributed by atoms with Crippen LogP contribution in [0.15, 0.2) is 34.1 Å². The third-order valence-electron chi connectivity index (χ3n) is 3.22. The lowest BCUT2D eigenvalue weighted by Gasteiger charge is -2.09. The first-order valence-corrected chi connectivity index (χ1v) is 9.91. The van der Waals surface area contributed by atoms with Crippen LogP contribution in [-0.4, -0.2) is 37.7 Å². The molecule has 4 nitrogen and oxygen atoms in total. The molecule has 0 radical (unpaired) electrons.